The van der Waals surface area contributed by atoms with Gasteiger partial charge in [0.1, 0.15) is 6.10 Å². The zero-order valence-electron chi connectivity index (χ0n) is 25.0. The zero-order chi connectivity index (χ0) is 29.0. The lowest BCUT2D eigenvalue weighted by Crippen LogP contribution is -2.29. The zero-order valence-corrected chi connectivity index (χ0v) is 25.0. The Morgan fingerprint density at radius 3 is 1.38 bits per heavy atom. The summed E-state index contributed by atoms with van der Waals surface area (Å²) in [6, 6.07) is 0. The van der Waals surface area contributed by atoms with E-state index in [2.05, 4.69) is 20.8 Å². The van der Waals surface area contributed by atoms with Crippen LogP contribution in [0.15, 0.2) is 0 Å². The van der Waals surface area contributed by atoms with Gasteiger partial charge in [-0.2, -0.15) is 0 Å². The molecule has 0 rings (SSSR count). The van der Waals surface area contributed by atoms with Crippen molar-refractivity contribution in [2.45, 2.75) is 106 Å². The van der Waals surface area contributed by atoms with Gasteiger partial charge in [-0.05, 0) is 47.0 Å². The van der Waals surface area contributed by atoms with Crippen LogP contribution in [-0.4, -0.2) is 112 Å². The summed E-state index contributed by atoms with van der Waals surface area (Å²) in [5.74, 6) is 0. The van der Waals surface area contributed by atoms with Crippen LogP contribution in [0.2, 0.25) is 0 Å². The molecule has 37 heavy (non-hydrogen) atoms. The van der Waals surface area contributed by atoms with Gasteiger partial charge >= 0.3 is 0 Å². The maximum absolute atomic E-state index is 9.19. The third-order valence-electron chi connectivity index (χ3n) is 4.12. The van der Waals surface area contributed by atoms with Crippen LogP contribution < -0.4 is 0 Å². The summed E-state index contributed by atoms with van der Waals surface area (Å²) in [4.78, 5) is 0. The van der Waals surface area contributed by atoms with Crippen molar-refractivity contribution in [3.8, 4) is 0 Å². The van der Waals surface area contributed by atoms with Crippen LogP contribution in [0.25, 0.3) is 0 Å². The fourth-order valence-electron chi connectivity index (χ4n) is 2.12. The van der Waals surface area contributed by atoms with Gasteiger partial charge in [-0.15, -0.1) is 0 Å². The second-order valence-electron chi connectivity index (χ2n) is 7.79. The molecule has 3 atom stereocenters. The Kier molecular flexibility index (Phi) is 50.3. The van der Waals surface area contributed by atoms with Gasteiger partial charge in [-0.25, -0.2) is 0 Å². The largest absolute Gasteiger partial charge is 0.394 e. The molecule has 0 spiro atoms. The minimum atomic E-state index is -0.554. The average Bonchev–Trinajstić information content (AvgIpc) is 2.89. The number of rotatable bonds is 22. The van der Waals surface area contributed by atoms with Crippen molar-refractivity contribution in [3.05, 3.63) is 0 Å². The Balaban J connectivity index is -0.000000203. The first-order chi connectivity index (χ1) is 17.9. The van der Waals surface area contributed by atoms with E-state index in [1.807, 2.05) is 20.8 Å². The maximum atomic E-state index is 9.19. The van der Waals surface area contributed by atoms with Gasteiger partial charge in [0.15, 0.2) is 12.6 Å². The fraction of sp³-hybridized carbons (Fsp3) is 1.00. The molecule has 10 heteroatoms. The summed E-state index contributed by atoms with van der Waals surface area (Å²) in [6.45, 7) is 18.7. The Hall–Kier alpha value is -0.400. The van der Waals surface area contributed by atoms with E-state index < -0.39 is 12.4 Å². The Bertz CT molecular complexity index is 339. The molecule has 0 aromatic carbocycles. The molecule has 0 aliphatic heterocycles. The van der Waals surface area contributed by atoms with Crippen molar-refractivity contribution in [1.29, 1.82) is 0 Å². The monoisotopic (exact) mass is 546 g/mol. The summed E-state index contributed by atoms with van der Waals surface area (Å²) in [6.07, 6.45) is 5.36. The molecule has 0 amide bonds. The molecule has 3 unspecified atom stereocenters. The van der Waals surface area contributed by atoms with Crippen molar-refractivity contribution in [2.75, 3.05) is 72.7 Å². The minimum Gasteiger partial charge on any atom is -0.394 e. The van der Waals surface area contributed by atoms with Crippen LogP contribution in [0.1, 0.15) is 87.0 Å². The molecule has 0 aliphatic rings. The first kappa shape index (κ1) is 43.6. The molecular formula is C27H62O10. The summed E-state index contributed by atoms with van der Waals surface area (Å²) in [7, 11) is 0. The second-order valence-corrected chi connectivity index (χ2v) is 7.79. The van der Waals surface area contributed by atoms with E-state index in [-0.39, 0.29) is 26.1 Å². The summed E-state index contributed by atoms with van der Waals surface area (Å²) < 4.78 is 30.5. The highest BCUT2D eigenvalue weighted by Gasteiger charge is 2.14. The molecule has 0 saturated heterocycles. The molecule has 0 bridgehead atoms. The van der Waals surface area contributed by atoms with Crippen LogP contribution >= 0.6 is 0 Å². The predicted octanol–water partition coefficient (Wildman–Crippen LogP) is 3.52. The van der Waals surface area contributed by atoms with E-state index in [1.54, 1.807) is 6.92 Å². The fourth-order valence-corrected chi connectivity index (χ4v) is 2.12. The van der Waals surface area contributed by atoms with E-state index in [0.29, 0.717) is 39.6 Å². The van der Waals surface area contributed by atoms with Crippen LogP contribution in [0, 0.1) is 0 Å². The number of hydrogen-bond acceptors (Lipinski definition) is 10. The molecule has 10 nitrogen and oxygen atoms in total. The van der Waals surface area contributed by atoms with E-state index in [9.17, 15) is 5.11 Å². The lowest BCUT2D eigenvalue weighted by molar-refractivity contribution is -0.187. The van der Waals surface area contributed by atoms with Gasteiger partial charge in [0.2, 0.25) is 0 Å². The van der Waals surface area contributed by atoms with Crippen LogP contribution in [0.3, 0.4) is 0 Å². The van der Waals surface area contributed by atoms with Gasteiger partial charge in [0.25, 0.3) is 0 Å². The van der Waals surface area contributed by atoms with E-state index in [4.69, 9.17) is 43.7 Å². The highest BCUT2D eigenvalue weighted by molar-refractivity contribution is 4.52. The SMILES string of the molecule is CCCCOC(C)OCCO.CCCCOC(OCC)C(C)O.CCCCOCCO.CCOCCO. The topological polar surface area (TPSA) is 136 Å². The number of aliphatic hydroxyl groups excluding tert-OH is 4. The average molecular weight is 547 g/mol. The summed E-state index contributed by atoms with van der Waals surface area (Å²) in [5, 5.41) is 33.9. The van der Waals surface area contributed by atoms with Crippen molar-refractivity contribution >= 4 is 0 Å². The minimum absolute atomic E-state index is 0.0570. The highest BCUT2D eigenvalue weighted by atomic mass is 16.7. The van der Waals surface area contributed by atoms with Crippen LogP contribution in [-0.2, 0) is 28.4 Å². The first-order valence-electron chi connectivity index (χ1n) is 14.0. The molecule has 0 aliphatic carbocycles. The number of hydrogen-bond donors (Lipinski definition) is 4. The van der Waals surface area contributed by atoms with Gasteiger partial charge in [-0.1, -0.05) is 40.0 Å². The molecule has 0 aromatic rings. The van der Waals surface area contributed by atoms with Crippen molar-refractivity contribution in [2.24, 2.45) is 0 Å². The first-order valence-corrected chi connectivity index (χ1v) is 14.0. The molecular weight excluding hydrogens is 484 g/mol. The molecule has 0 fully saturated rings. The quantitative estimate of drug-likeness (QED) is 0.118. The number of aliphatic hydroxyl groups is 4. The molecule has 4 N–H and O–H groups in total. The smallest absolute Gasteiger partial charge is 0.183 e. The van der Waals surface area contributed by atoms with Crippen molar-refractivity contribution in [3.63, 3.8) is 0 Å². The highest BCUT2D eigenvalue weighted by Crippen LogP contribution is 2.02. The number of ether oxygens (including phenoxy) is 6. The Morgan fingerprint density at radius 2 is 0.973 bits per heavy atom. The molecule has 230 valence electrons. The summed E-state index contributed by atoms with van der Waals surface area (Å²) >= 11 is 0. The van der Waals surface area contributed by atoms with E-state index in [1.165, 1.54) is 0 Å². The van der Waals surface area contributed by atoms with Gasteiger partial charge < -0.3 is 48.8 Å². The molecule has 0 radical (unpaired) electrons. The second kappa shape index (κ2) is 42.7. The van der Waals surface area contributed by atoms with Crippen LogP contribution in [0.5, 0.6) is 0 Å². The third-order valence-corrected chi connectivity index (χ3v) is 4.12. The number of unbranched alkanes of at least 4 members (excludes halogenated alkanes) is 3. The third kappa shape index (κ3) is 49.1. The standard InChI is InChI=1S/C9H20O3.C8H18O3.C6H14O2.C4H10O2/c1-4-6-7-12-9(8(3)10)11-5-2;1-3-4-6-10-8(2)11-7-5-9;1-2-3-5-8-6-4-7;1-2-6-4-3-5/h8-10H,4-7H2,1-3H3;8-9H,3-7H2,1-2H3;7H,2-6H2,1H3;5H,2-4H2,1H3. The predicted molar refractivity (Wildman–Crippen MR) is 148 cm³/mol. The van der Waals surface area contributed by atoms with Gasteiger partial charge in [0.05, 0.1) is 39.6 Å². The van der Waals surface area contributed by atoms with E-state index in [0.717, 1.165) is 51.7 Å². The summed E-state index contributed by atoms with van der Waals surface area (Å²) in [5.41, 5.74) is 0. The van der Waals surface area contributed by atoms with Crippen molar-refractivity contribution in [1.82, 2.24) is 0 Å². The Morgan fingerprint density at radius 1 is 0.514 bits per heavy atom. The van der Waals surface area contributed by atoms with Gasteiger partial charge in [0, 0.05) is 33.0 Å². The molecule has 0 saturated carbocycles. The van der Waals surface area contributed by atoms with Crippen LogP contribution in [0.4, 0.5) is 0 Å². The molecule has 0 heterocycles. The van der Waals surface area contributed by atoms with E-state index >= 15 is 0 Å². The Labute approximate surface area is 227 Å². The maximum Gasteiger partial charge on any atom is 0.183 e. The van der Waals surface area contributed by atoms with Crippen molar-refractivity contribution < 1.29 is 48.8 Å². The lowest BCUT2D eigenvalue weighted by atomic mass is 10.3. The normalized spacial score (nSPS) is 12.7. The lowest BCUT2D eigenvalue weighted by Gasteiger charge is -2.19. The van der Waals surface area contributed by atoms with Gasteiger partial charge in [-0.3, -0.25) is 0 Å². The molecule has 0 aromatic heterocycles.